The van der Waals surface area contributed by atoms with Crippen molar-refractivity contribution in [1.29, 1.82) is 0 Å². The highest BCUT2D eigenvalue weighted by molar-refractivity contribution is 9.10. The van der Waals surface area contributed by atoms with Gasteiger partial charge in [0.2, 0.25) is 0 Å². The normalized spacial score (nSPS) is 20.9. The lowest BCUT2D eigenvalue weighted by Gasteiger charge is -2.19. The Hall–Kier alpha value is 0.140. The summed E-state index contributed by atoms with van der Waals surface area (Å²) >= 11 is 5.23. The lowest BCUT2D eigenvalue weighted by Crippen LogP contribution is -2.11. The maximum absolute atomic E-state index is 10.3. The highest BCUT2D eigenvalue weighted by Gasteiger charge is 2.48. The third kappa shape index (κ3) is 1.66. The third-order valence-electron chi connectivity index (χ3n) is 3.26. The van der Waals surface area contributed by atoms with E-state index in [1.54, 1.807) is 11.3 Å². The first-order valence-electron chi connectivity index (χ1n) is 5.03. The van der Waals surface area contributed by atoms with Crippen LogP contribution in [0.15, 0.2) is 10.5 Å². The summed E-state index contributed by atoms with van der Waals surface area (Å²) in [5.41, 5.74) is 0.194. The summed E-state index contributed by atoms with van der Waals surface area (Å²) in [7, 11) is 0. The molecule has 78 valence electrons. The lowest BCUT2D eigenvalue weighted by atomic mass is 9.95. The summed E-state index contributed by atoms with van der Waals surface area (Å²) in [5.74, 6) is 0. The molecular formula is C11H15BrOS. The minimum absolute atomic E-state index is 0.194. The van der Waals surface area contributed by atoms with Gasteiger partial charge in [0, 0.05) is 19.6 Å². The van der Waals surface area contributed by atoms with E-state index in [0.29, 0.717) is 0 Å². The van der Waals surface area contributed by atoms with Gasteiger partial charge in [-0.3, -0.25) is 0 Å². The van der Waals surface area contributed by atoms with Crippen LogP contribution in [0.1, 0.15) is 42.0 Å². The molecule has 1 saturated carbocycles. The summed E-state index contributed by atoms with van der Waals surface area (Å²) in [5, 5.41) is 10.3. The van der Waals surface area contributed by atoms with Crippen molar-refractivity contribution in [3.05, 3.63) is 20.3 Å². The second-order valence-corrected chi connectivity index (χ2v) is 6.33. The molecule has 2 rings (SSSR count). The van der Waals surface area contributed by atoms with Crippen LogP contribution in [0, 0.1) is 12.3 Å². The summed E-state index contributed by atoms with van der Waals surface area (Å²) < 4.78 is 1.08. The Balaban J connectivity index is 2.27. The second-order valence-electron chi connectivity index (χ2n) is 4.19. The molecule has 1 aromatic heterocycles. The van der Waals surface area contributed by atoms with Crippen molar-refractivity contribution in [2.75, 3.05) is 0 Å². The average Bonchev–Trinajstić information content (AvgIpc) is 2.87. The molecule has 0 spiro atoms. The summed E-state index contributed by atoms with van der Waals surface area (Å²) in [6, 6.07) is 2.09. The van der Waals surface area contributed by atoms with Gasteiger partial charge in [0.05, 0.1) is 6.10 Å². The van der Waals surface area contributed by atoms with Gasteiger partial charge in [0.15, 0.2) is 0 Å². The molecule has 0 aromatic carbocycles. The SMILES string of the molecule is CCC1(C(O)c2sc(C)cc2Br)CC1. The predicted octanol–water partition coefficient (Wildman–Crippen LogP) is 4.04. The zero-order valence-electron chi connectivity index (χ0n) is 8.51. The molecule has 1 fully saturated rings. The Bertz CT molecular complexity index is 341. The zero-order chi connectivity index (χ0) is 10.3. The molecule has 1 unspecified atom stereocenters. The van der Waals surface area contributed by atoms with E-state index >= 15 is 0 Å². The summed E-state index contributed by atoms with van der Waals surface area (Å²) in [4.78, 5) is 2.37. The minimum Gasteiger partial charge on any atom is -0.387 e. The Kier molecular flexibility index (Phi) is 2.75. The van der Waals surface area contributed by atoms with Crippen LogP contribution in [0.3, 0.4) is 0 Å². The molecule has 1 aromatic rings. The van der Waals surface area contributed by atoms with Gasteiger partial charge in [-0.2, -0.15) is 0 Å². The second kappa shape index (κ2) is 3.62. The van der Waals surface area contributed by atoms with Crippen molar-refractivity contribution in [3.8, 4) is 0 Å². The number of hydrogen-bond donors (Lipinski definition) is 1. The van der Waals surface area contributed by atoms with Crippen LogP contribution in [0.4, 0.5) is 0 Å². The van der Waals surface area contributed by atoms with Crippen molar-refractivity contribution >= 4 is 27.3 Å². The monoisotopic (exact) mass is 274 g/mol. The molecule has 3 heteroatoms. The van der Waals surface area contributed by atoms with Crippen molar-refractivity contribution < 1.29 is 5.11 Å². The van der Waals surface area contributed by atoms with E-state index < -0.39 is 0 Å². The molecule has 0 amide bonds. The first kappa shape index (κ1) is 10.7. The Morgan fingerprint density at radius 2 is 2.29 bits per heavy atom. The minimum atomic E-state index is -0.263. The van der Waals surface area contributed by atoms with Crippen LogP contribution in [0.25, 0.3) is 0 Å². The molecule has 0 saturated heterocycles. The first-order valence-corrected chi connectivity index (χ1v) is 6.64. The fraction of sp³-hybridized carbons (Fsp3) is 0.636. The molecule has 1 N–H and O–H groups in total. The van der Waals surface area contributed by atoms with Crippen LogP contribution >= 0.6 is 27.3 Å². The van der Waals surface area contributed by atoms with Gasteiger partial charge in [-0.25, -0.2) is 0 Å². The topological polar surface area (TPSA) is 20.2 Å². The number of aryl methyl sites for hydroxylation is 1. The van der Waals surface area contributed by atoms with Gasteiger partial charge in [-0.15, -0.1) is 11.3 Å². The van der Waals surface area contributed by atoms with Gasteiger partial charge < -0.3 is 5.11 Å². The Labute approximate surface area is 97.3 Å². The van der Waals surface area contributed by atoms with E-state index in [4.69, 9.17) is 0 Å². The molecular weight excluding hydrogens is 260 g/mol. The standard InChI is InChI=1S/C11H15BrOS/c1-3-11(4-5-11)10(13)9-8(12)6-7(2)14-9/h6,10,13H,3-5H2,1-2H3. The molecule has 14 heavy (non-hydrogen) atoms. The highest BCUT2D eigenvalue weighted by atomic mass is 79.9. The molecule has 1 aliphatic rings. The average molecular weight is 275 g/mol. The molecule has 0 bridgehead atoms. The van der Waals surface area contributed by atoms with Crippen LogP contribution in [0.5, 0.6) is 0 Å². The van der Waals surface area contributed by atoms with Gasteiger partial charge in [0.25, 0.3) is 0 Å². The zero-order valence-corrected chi connectivity index (χ0v) is 10.9. The van der Waals surface area contributed by atoms with Gasteiger partial charge in [-0.05, 0) is 48.2 Å². The number of hydrogen-bond acceptors (Lipinski definition) is 2. The summed E-state index contributed by atoms with van der Waals surface area (Å²) in [6.45, 7) is 4.25. The fourth-order valence-corrected chi connectivity index (χ4v) is 3.94. The van der Waals surface area contributed by atoms with E-state index in [0.717, 1.165) is 15.8 Å². The van der Waals surface area contributed by atoms with Crippen molar-refractivity contribution in [2.24, 2.45) is 5.41 Å². The molecule has 1 aliphatic carbocycles. The summed E-state index contributed by atoms with van der Waals surface area (Å²) in [6.07, 6.45) is 3.17. The molecule has 1 nitrogen and oxygen atoms in total. The largest absolute Gasteiger partial charge is 0.387 e. The van der Waals surface area contributed by atoms with E-state index in [2.05, 4.69) is 35.8 Å². The lowest BCUT2D eigenvalue weighted by molar-refractivity contribution is 0.0929. The fourth-order valence-electron chi connectivity index (χ4n) is 1.95. The number of aliphatic hydroxyl groups is 1. The van der Waals surface area contributed by atoms with Crippen LogP contribution in [-0.4, -0.2) is 5.11 Å². The van der Waals surface area contributed by atoms with Crippen molar-refractivity contribution in [3.63, 3.8) is 0 Å². The van der Waals surface area contributed by atoms with Crippen LogP contribution in [0.2, 0.25) is 0 Å². The van der Waals surface area contributed by atoms with Gasteiger partial charge >= 0.3 is 0 Å². The van der Waals surface area contributed by atoms with E-state index in [1.165, 1.54) is 17.7 Å². The molecule has 1 heterocycles. The van der Waals surface area contributed by atoms with Gasteiger partial charge in [-0.1, -0.05) is 6.92 Å². The number of halogens is 1. The van der Waals surface area contributed by atoms with Crippen LogP contribution in [-0.2, 0) is 0 Å². The Morgan fingerprint density at radius 3 is 2.64 bits per heavy atom. The quantitative estimate of drug-likeness (QED) is 0.882. The predicted molar refractivity (Wildman–Crippen MR) is 63.7 cm³/mol. The maximum Gasteiger partial charge on any atom is 0.0949 e. The third-order valence-corrected chi connectivity index (χ3v) is 5.28. The van der Waals surface area contributed by atoms with E-state index in [9.17, 15) is 5.11 Å². The van der Waals surface area contributed by atoms with E-state index in [1.807, 2.05) is 0 Å². The maximum atomic E-state index is 10.3. The number of rotatable bonds is 3. The first-order chi connectivity index (χ1) is 6.59. The molecule has 1 atom stereocenters. The van der Waals surface area contributed by atoms with Crippen molar-refractivity contribution in [2.45, 2.75) is 39.2 Å². The molecule has 0 radical (unpaired) electrons. The Morgan fingerprint density at radius 1 is 1.64 bits per heavy atom. The van der Waals surface area contributed by atoms with E-state index in [-0.39, 0.29) is 11.5 Å². The van der Waals surface area contributed by atoms with Crippen molar-refractivity contribution in [1.82, 2.24) is 0 Å². The smallest absolute Gasteiger partial charge is 0.0949 e. The highest BCUT2D eigenvalue weighted by Crippen LogP contribution is 2.59. The van der Waals surface area contributed by atoms with Gasteiger partial charge in [0.1, 0.15) is 0 Å². The van der Waals surface area contributed by atoms with Crippen LogP contribution < -0.4 is 0 Å². The number of aliphatic hydroxyl groups excluding tert-OH is 1. The number of thiophene rings is 1. The molecule has 0 aliphatic heterocycles.